The molecule has 92 valence electrons. The lowest BCUT2D eigenvalue weighted by Gasteiger charge is -2.14. The number of hydrogen-bond donors (Lipinski definition) is 1. The van der Waals surface area contributed by atoms with E-state index in [0.29, 0.717) is 6.54 Å². The van der Waals surface area contributed by atoms with Gasteiger partial charge in [-0.15, -0.1) is 11.3 Å². The molecular weight excluding hydrogens is 250 g/mol. The first-order chi connectivity index (χ1) is 8.67. The number of thiophene rings is 1. The summed E-state index contributed by atoms with van der Waals surface area (Å²) in [6.45, 7) is 0.819. The van der Waals surface area contributed by atoms with E-state index in [2.05, 4.69) is 0 Å². The van der Waals surface area contributed by atoms with Crippen LogP contribution in [0.3, 0.4) is 0 Å². The van der Waals surface area contributed by atoms with Gasteiger partial charge in [0.05, 0.1) is 25.2 Å². The molecule has 0 saturated heterocycles. The second kappa shape index (κ2) is 7.23. The highest BCUT2D eigenvalue weighted by Crippen LogP contribution is 2.20. The Morgan fingerprint density at radius 2 is 2.11 bits per heavy atom. The third-order valence-corrected chi connectivity index (χ3v) is 3.06. The Bertz CT molecular complexity index is 506. The van der Waals surface area contributed by atoms with Gasteiger partial charge in [0.15, 0.2) is 0 Å². The number of aliphatic carboxylic acids is 1. The lowest BCUT2D eigenvalue weighted by atomic mass is 10.2. The van der Waals surface area contributed by atoms with Crippen LogP contribution in [0.25, 0.3) is 6.08 Å². The highest BCUT2D eigenvalue weighted by molar-refractivity contribution is 7.10. The fourth-order valence-corrected chi connectivity index (χ4v) is 2.27. The van der Waals surface area contributed by atoms with E-state index in [9.17, 15) is 4.79 Å². The maximum Gasteiger partial charge on any atom is 0.328 e. The molecule has 0 amide bonds. The van der Waals surface area contributed by atoms with E-state index in [1.807, 2.05) is 23.6 Å². The minimum absolute atomic E-state index is 0.174. The largest absolute Gasteiger partial charge is 0.478 e. The molecule has 6 heteroatoms. The number of hydrogen-bond acceptors (Lipinski definition) is 5. The number of carboxylic acid groups (broad SMARTS) is 1. The Morgan fingerprint density at radius 1 is 1.44 bits per heavy atom. The van der Waals surface area contributed by atoms with Gasteiger partial charge in [-0.2, -0.15) is 10.5 Å². The summed E-state index contributed by atoms with van der Waals surface area (Å²) in [6, 6.07) is 5.82. The van der Waals surface area contributed by atoms with Crippen LogP contribution in [0.4, 0.5) is 0 Å². The number of carboxylic acids is 1. The molecule has 5 nitrogen and oxygen atoms in total. The molecule has 18 heavy (non-hydrogen) atoms. The van der Waals surface area contributed by atoms with Crippen LogP contribution in [0.15, 0.2) is 17.5 Å². The van der Waals surface area contributed by atoms with Crippen LogP contribution in [0.2, 0.25) is 0 Å². The Hall–Kier alpha value is -2.15. The first-order valence-electron chi connectivity index (χ1n) is 5.11. The Morgan fingerprint density at radius 3 is 2.67 bits per heavy atom. The van der Waals surface area contributed by atoms with Crippen LogP contribution < -0.4 is 0 Å². The van der Waals surface area contributed by atoms with Crippen molar-refractivity contribution in [2.75, 3.05) is 13.1 Å². The predicted molar refractivity (Wildman–Crippen MR) is 67.5 cm³/mol. The smallest absolute Gasteiger partial charge is 0.328 e. The van der Waals surface area contributed by atoms with Crippen molar-refractivity contribution in [1.29, 1.82) is 10.5 Å². The summed E-state index contributed by atoms with van der Waals surface area (Å²) >= 11 is 1.48. The van der Waals surface area contributed by atoms with Crippen molar-refractivity contribution in [1.82, 2.24) is 4.90 Å². The van der Waals surface area contributed by atoms with Gasteiger partial charge in [0.2, 0.25) is 0 Å². The second-order valence-corrected chi connectivity index (χ2v) is 4.43. The predicted octanol–water partition coefficient (Wildman–Crippen LogP) is 1.70. The maximum absolute atomic E-state index is 10.5. The van der Waals surface area contributed by atoms with Gasteiger partial charge in [-0.05, 0) is 23.1 Å². The lowest BCUT2D eigenvalue weighted by Crippen LogP contribution is -2.23. The fourth-order valence-electron chi connectivity index (χ4n) is 1.36. The zero-order valence-corrected chi connectivity index (χ0v) is 10.4. The zero-order valence-electron chi connectivity index (χ0n) is 9.54. The summed E-state index contributed by atoms with van der Waals surface area (Å²) in [5.41, 5.74) is 0.809. The summed E-state index contributed by atoms with van der Waals surface area (Å²) in [7, 11) is 0. The van der Waals surface area contributed by atoms with Gasteiger partial charge in [0.25, 0.3) is 0 Å². The summed E-state index contributed by atoms with van der Waals surface area (Å²) in [4.78, 5) is 13.1. The van der Waals surface area contributed by atoms with Crippen LogP contribution in [0.1, 0.15) is 10.4 Å². The van der Waals surface area contributed by atoms with Crippen molar-refractivity contribution in [3.8, 4) is 12.1 Å². The molecular formula is C12H11N3O2S. The molecule has 0 aliphatic heterocycles. The van der Waals surface area contributed by atoms with Crippen molar-refractivity contribution in [2.45, 2.75) is 6.54 Å². The maximum atomic E-state index is 10.5. The topological polar surface area (TPSA) is 88.1 Å². The van der Waals surface area contributed by atoms with E-state index in [-0.39, 0.29) is 13.1 Å². The van der Waals surface area contributed by atoms with Gasteiger partial charge in [-0.3, -0.25) is 4.90 Å². The van der Waals surface area contributed by atoms with Crippen molar-refractivity contribution < 1.29 is 9.90 Å². The molecule has 0 unspecified atom stereocenters. The standard InChI is InChI=1S/C12H11N3O2S/c13-4-6-15(7-5-14)9-11-10(3-8-18-11)1-2-12(16)17/h1-3,8H,6-7,9H2,(H,16,17). The normalized spacial score (nSPS) is 10.4. The molecule has 1 aromatic heterocycles. The lowest BCUT2D eigenvalue weighted by molar-refractivity contribution is -0.131. The van der Waals surface area contributed by atoms with E-state index in [1.165, 1.54) is 17.4 Å². The number of nitrogens with zero attached hydrogens (tertiary/aromatic N) is 3. The second-order valence-electron chi connectivity index (χ2n) is 3.43. The zero-order chi connectivity index (χ0) is 13.4. The quantitative estimate of drug-likeness (QED) is 0.622. The van der Waals surface area contributed by atoms with Crippen molar-refractivity contribution in [3.05, 3.63) is 28.0 Å². The molecule has 0 fully saturated rings. The van der Waals surface area contributed by atoms with Crippen molar-refractivity contribution in [3.63, 3.8) is 0 Å². The van der Waals surface area contributed by atoms with Crippen molar-refractivity contribution in [2.24, 2.45) is 0 Å². The fraction of sp³-hybridized carbons (Fsp3) is 0.250. The third kappa shape index (κ3) is 4.38. The summed E-state index contributed by atoms with van der Waals surface area (Å²) < 4.78 is 0. The highest BCUT2D eigenvalue weighted by Gasteiger charge is 2.09. The molecule has 0 spiro atoms. The number of nitriles is 2. The molecule has 0 saturated carbocycles. The van der Waals surface area contributed by atoms with Crippen LogP contribution >= 0.6 is 11.3 Å². The SMILES string of the molecule is N#CCN(CC#N)Cc1sccc1C=CC(=O)O. The summed E-state index contributed by atoms with van der Waals surface area (Å²) in [6.07, 6.45) is 2.59. The van der Waals surface area contributed by atoms with E-state index in [0.717, 1.165) is 16.5 Å². The number of rotatable bonds is 6. The van der Waals surface area contributed by atoms with Crippen molar-refractivity contribution >= 4 is 23.4 Å². The number of carbonyl (C=O) groups is 1. The molecule has 0 atom stereocenters. The first-order valence-corrected chi connectivity index (χ1v) is 5.99. The van der Waals surface area contributed by atoms with E-state index in [1.54, 1.807) is 4.90 Å². The molecule has 0 aliphatic carbocycles. The van der Waals surface area contributed by atoms with Crippen LogP contribution in [-0.4, -0.2) is 29.1 Å². The van der Waals surface area contributed by atoms with Gasteiger partial charge in [-0.25, -0.2) is 4.79 Å². The Balaban J connectivity index is 2.78. The molecule has 0 aliphatic rings. The monoisotopic (exact) mass is 261 g/mol. The Labute approximate surface area is 109 Å². The van der Waals surface area contributed by atoms with E-state index >= 15 is 0 Å². The van der Waals surface area contributed by atoms with Gasteiger partial charge in [0.1, 0.15) is 0 Å². The minimum Gasteiger partial charge on any atom is -0.478 e. The summed E-state index contributed by atoms with van der Waals surface area (Å²) in [5, 5.41) is 27.7. The van der Waals surface area contributed by atoms with Crippen LogP contribution in [0.5, 0.6) is 0 Å². The molecule has 1 rings (SSSR count). The molecule has 0 radical (unpaired) electrons. The average Bonchev–Trinajstić information content (AvgIpc) is 2.74. The Kier molecular flexibility index (Phi) is 5.59. The first kappa shape index (κ1) is 13.9. The molecule has 1 heterocycles. The van der Waals surface area contributed by atoms with Gasteiger partial charge < -0.3 is 5.11 Å². The van der Waals surface area contributed by atoms with Crippen LogP contribution in [-0.2, 0) is 11.3 Å². The third-order valence-electron chi connectivity index (χ3n) is 2.14. The van der Waals surface area contributed by atoms with Gasteiger partial charge >= 0.3 is 5.97 Å². The van der Waals surface area contributed by atoms with Gasteiger partial charge in [-0.1, -0.05) is 0 Å². The minimum atomic E-state index is -1.00. The molecule has 1 N–H and O–H groups in total. The average molecular weight is 261 g/mol. The highest BCUT2D eigenvalue weighted by atomic mass is 32.1. The van der Waals surface area contributed by atoms with E-state index < -0.39 is 5.97 Å². The molecule has 0 aromatic carbocycles. The van der Waals surface area contributed by atoms with Gasteiger partial charge in [0, 0.05) is 17.5 Å². The van der Waals surface area contributed by atoms with Crippen LogP contribution in [0, 0.1) is 22.7 Å². The molecule has 1 aromatic rings. The summed E-state index contributed by atoms with van der Waals surface area (Å²) in [5.74, 6) is -1.00. The molecule has 0 bridgehead atoms. The van der Waals surface area contributed by atoms with E-state index in [4.69, 9.17) is 15.6 Å².